The molecule has 1 atom stereocenters. The fraction of sp³-hybridized carbons (Fsp3) is 0.333. The second kappa shape index (κ2) is 6.45. The van der Waals surface area contributed by atoms with E-state index in [0.29, 0.717) is 6.04 Å². The number of hydrogen-bond donors (Lipinski definition) is 1. The summed E-state index contributed by atoms with van der Waals surface area (Å²) >= 11 is 6.90. The van der Waals surface area contributed by atoms with Crippen LogP contribution in [0.3, 0.4) is 0 Å². The van der Waals surface area contributed by atoms with Gasteiger partial charge in [0, 0.05) is 40.1 Å². The van der Waals surface area contributed by atoms with Crippen molar-refractivity contribution in [1.82, 2.24) is 20.1 Å². The third-order valence-electron chi connectivity index (χ3n) is 2.52. The lowest BCUT2D eigenvalue weighted by atomic mass is 10.3. The van der Waals surface area contributed by atoms with Crippen LogP contribution in [0.1, 0.15) is 12.6 Å². The van der Waals surface area contributed by atoms with E-state index in [1.165, 1.54) is 0 Å². The molecule has 1 unspecified atom stereocenters. The molecule has 2 aromatic rings. The van der Waals surface area contributed by atoms with Crippen LogP contribution in [0.15, 0.2) is 39.7 Å². The second-order valence-corrected chi connectivity index (χ2v) is 5.86. The van der Waals surface area contributed by atoms with Gasteiger partial charge in [0.25, 0.3) is 0 Å². The van der Waals surface area contributed by atoms with Crippen molar-refractivity contribution in [2.75, 3.05) is 0 Å². The maximum Gasteiger partial charge on any atom is 0.0684 e. The summed E-state index contributed by atoms with van der Waals surface area (Å²) in [5, 5.41) is 7.61. The van der Waals surface area contributed by atoms with E-state index in [0.717, 1.165) is 27.7 Å². The van der Waals surface area contributed by atoms with Gasteiger partial charge in [-0.25, -0.2) is 0 Å². The molecule has 1 N–H and O–H groups in total. The van der Waals surface area contributed by atoms with Crippen LogP contribution >= 0.6 is 31.9 Å². The predicted molar refractivity (Wildman–Crippen MR) is 78.2 cm³/mol. The van der Waals surface area contributed by atoms with Crippen LogP contribution < -0.4 is 5.32 Å². The highest BCUT2D eigenvalue weighted by Gasteiger charge is 2.06. The van der Waals surface area contributed by atoms with E-state index in [2.05, 4.69) is 54.2 Å². The fourth-order valence-electron chi connectivity index (χ4n) is 1.60. The zero-order chi connectivity index (χ0) is 13.0. The van der Waals surface area contributed by atoms with Gasteiger partial charge < -0.3 is 5.32 Å². The van der Waals surface area contributed by atoms with Crippen LogP contribution in [0.25, 0.3) is 0 Å². The third kappa shape index (κ3) is 3.90. The molecule has 0 aliphatic carbocycles. The number of rotatable bonds is 5. The van der Waals surface area contributed by atoms with Crippen LogP contribution in [0.2, 0.25) is 0 Å². The van der Waals surface area contributed by atoms with Crippen molar-refractivity contribution in [1.29, 1.82) is 0 Å². The minimum atomic E-state index is 0.335. The Kier molecular flexibility index (Phi) is 4.91. The van der Waals surface area contributed by atoms with E-state index in [1.807, 2.05) is 23.0 Å². The first-order chi connectivity index (χ1) is 8.65. The van der Waals surface area contributed by atoms with Gasteiger partial charge in [-0.05, 0) is 50.9 Å². The highest BCUT2D eigenvalue weighted by molar-refractivity contribution is 9.11. The Morgan fingerprint density at radius 1 is 1.44 bits per heavy atom. The van der Waals surface area contributed by atoms with Gasteiger partial charge >= 0.3 is 0 Å². The normalized spacial score (nSPS) is 12.6. The average molecular weight is 374 g/mol. The highest BCUT2D eigenvalue weighted by Crippen LogP contribution is 2.19. The molecule has 0 aliphatic heterocycles. The van der Waals surface area contributed by atoms with E-state index in [9.17, 15) is 0 Å². The predicted octanol–water partition coefficient (Wildman–Crippen LogP) is 2.98. The van der Waals surface area contributed by atoms with Crippen LogP contribution in [0, 0.1) is 0 Å². The van der Waals surface area contributed by atoms with Crippen molar-refractivity contribution >= 4 is 31.9 Å². The van der Waals surface area contributed by atoms with Gasteiger partial charge in [0.2, 0.25) is 0 Å². The summed E-state index contributed by atoms with van der Waals surface area (Å²) in [6.45, 7) is 3.71. The van der Waals surface area contributed by atoms with Gasteiger partial charge in [-0.3, -0.25) is 9.67 Å². The molecule has 18 heavy (non-hydrogen) atoms. The lowest BCUT2D eigenvalue weighted by molar-refractivity contribution is 0.448. The largest absolute Gasteiger partial charge is 0.307 e. The van der Waals surface area contributed by atoms with Gasteiger partial charge in [-0.15, -0.1) is 0 Å². The summed E-state index contributed by atoms with van der Waals surface area (Å²) in [4.78, 5) is 4.37. The molecule has 0 bridgehead atoms. The maximum absolute atomic E-state index is 4.37. The number of pyridine rings is 1. The van der Waals surface area contributed by atoms with E-state index < -0.39 is 0 Å². The van der Waals surface area contributed by atoms with Gasteiger partial charge in [0.05, 0.1) is 12.2 Å². The van der Waals surface area contributed by atoms with Crippen LogP contribution in [0.5, 0.6) is 0 Å². The molecular weight excluding hydrogens is 360 g/mol. The first-order valence-corrected chi connectivity index (χ1v) is 7.24. The standard InChI is InChI=1S/C12H14Br2N4/c1-9(8-18-4-2-3-17-18)15-7-12-11(14)5-10(13)6-16-12/h2-6,9,15H,7-8H2,1H3. The van der Waals surface area contributed by atoms with Gasteiger partial charge in [0.15, 0.2) is 0 Å². The average Bonchev–Trinajstić information content (AvgIpc) is 2.80. The van der Waals surface area contributed by atoms with Crippen molar-refractivity contribution in [2.45, 2.75) is 26.1 Å². The zero-order valence-electron chi connectivity index (χ0n) is 9.98. The number of nitrogens with one attached hydrogen (secondary N) is 1. The highest BCUT2D eigenvalue weighted by atomic mass is 79.9. The molecule has 0 aromatic carbocycles. The monoisotopic (exact) mass is 372 g/mol. The minimum Gasteiger partial charge on any atom is -0.307 e. The summed E-state index contributed by atoms with van der Waals surface area (Å²) < 4.78 is 3.90. The summed E-state index contributed by atoms with van der Waals surface area (Å²) in [6.07, 6.45) is 5.56. The molecule has 2 aromatic heterocycles. The van der Waals surface area contributed by atoms with Crippen molar-refractivity contribution in [3.63, 3.8) is 0 Å². The summed E-state index contributed by atoms with van der Waals surface area (Å²) in [7, 11) is 0. The van der Waals surface area contributed by atoms with Gasteiger partial charge in [-0.2, -0.15) is 5.10 Å². The lowest BCUT2D eigenvalue weighted by Gasteiger charge is -2.14. The first kappa shape index (κ1) is 13.7. The van der Waals surface area contributed by atoms with Crippen molar-refractivity contribution < 1.29 is 0 Å². The van der Waals surface area contributed by atoms with Gasteiger partial charge in [0.1, 0.15) is 0 Å². The number of aromatic nitrogens is 3. The Morgan fingerprint density at radius 2 is 2.28 bits per heavy atom. The Labute approximate surface area is 123 Å². The Hall–Kier alpha value is -0.720. The molecule has 96 valence electrons. The van der Waals surface area contributed by atoms with Crippen LogP contribution in [-0.4, -0.2) is 20.8 Å². The van der Waals surface area contributed by atoms with Crippen LogP contribution in [0.4, 0.5) is 0 Å². The molecule has 0 saturated carbocycles. The van der Waals surface area contributed by atoms with E-state index in [-0.39, 0.29) is 0 Å². The van der Waals surface area contributed by atoms with E-state index >= 15 is 0 Å². The molecule has 0 aliphatic rings. The molecule has 0 amide bonds. The fourth-order valence-corrected chi connectivity index (χ4v) is 2.73. The first-order valence-electron chi connectivity index (χ1n) is 5.66. The molecule has 0 saturated heterocycles. The molecule has 6 heteroatoms. The quantitative estimate of drug-likeness (QED) is 0.875. The van der Waals surface area contributed by atoms with Crippen molar-refractivity contribution in [2.24, 2.45) is 0 Å². The molecule has 0 radical (unpaired) electrons. The molecule has 2 rings (SSSR count). The SMILES string of the molecule is CC(Cn1cccn1)NCc1ncc(Br)cc1Br. The number of hydrogen-bond acceptors (Lipinski definition) is 3. The Bertz CT molecular complexity index is 499. The Balaban J connectivity index is 1.87. The zero-order valence-corrected chi connectivity index (χ0v) is 13.1. The van der Waals surface area contributed by atoms with Gasteiger partial charge in [-0.1, -0.05) is 0 Å². The Morgan fingerprint density at radius 3 is 2.94 bits per heavy atom. The smallest absolute Gasteiger partial charge is 0.0684 e. The third-order valence-corrected chi connectivity index (χ3v) is 3.64. The molecule has 2 heterocycles. The molecular formula is C12H14Br2N4. The maximum atomic E-state index is 4.37. The topological polar surface area (TPSA) is 42.7 Å². The summed E-state index contributed by atoms with van der Waals surface area (Å²) in [5.41, 5.74) is 1.01. The molecule has 0 fully saturated rings. The molecule has 4 nitrogen and oxygen atoms in total. The summed E-state index contributed by atoms with van der Waals surface area (Å²) in [5.74, 6) is 0. The minimum absolute atomic E-state index is 0.335. The summed E-state index contributed by atoms with van der Waals surface area (Å²) in [6, 6.07) is 4.27. The lowest BCUT2D eigenvalue weighted by Crippen LogP contribution is -2.30. The van der Waals surface area contributed by atoms with E-state index in [1.54, 1.807) is 12.4 Å². The second-order valence-electron chi connectivity index (χ2n) is 4.09. The number of nitrogens with zero attached hydrogens (tertiary/aromatic N) is 3. The number of halogens is 2. The molecule has 0 spiro atoms. The van der Waals surface area contributed by atoms with Crippen molar-refractivity contribution in [3.8, 4) is 0 Å². The van der Waals surface area contributed by atoms with Crippen molar-refractivity contribution in [3.05, 3.63) is 45.4 Å². The van der Waals surface area contributed by atoms with Crippen LogP contribution in [-0.2, 0) is 13.1 Å². The van der Waals surface area contributed by atoms with E-state index in [4.69, 9.17) is 0 Å².